The van der Waals surface area contributed by atoms with Crippen molar-refractivity contribution in [2.75, 3.05) is 27.3 Å². The van der Waals surface area contributed by atoms with Crippen molar-refractivity contribution in [2.45, 2.75) is 52.0 Å². The van der Waals surface area contributed by atoms with Gasteiger partial charge < -0.3 is 15.4 Å². The minimum Gasteiger partial charge on any atom is -0.385 e. The fourth-order valence-corrected chi connectivity index (χ4v) is 4.01. The number of aryl methyl sites for hydroxylation is 1. The molecule has 2 rings (SSSR count). The molecular formula is C17H30N4OS. The van der Waals surface area contributed by atoms with Crippen molar-refractivity contribution in [1.82, 2.24) is 15.6 Å². The van der Waals surface area contributed by atoms with Gasteiger partial charge >= 0.3 is 0 Å². The first kappa shape index (κ1) is 18.2. The van der Waals surface area contributed by atoms with Crippen LogP contribution in [0.5, 0.6) is 0 Å². The number of aliphatic imine (C=N–C) groups is 1. The summed E-state index contributed by atoms with van der Waals surface area (Å²) in [6.07, 6.45) is 9.37. The first-order chi connectivity index (χ1) is 11.2. The fourth-order valence-electron chi connectivity index (χ4n) is 3.20. The summed E-state index contributed by atoms with van der Waals surface area (Å²) < 4.78 is 5.30. The fraction of sp³-hybridized carbons (Fsp3) is 0.765. The quantitative estimate of drug-likeness (QED) is 0.565. The SMILES string of the molecule is CCc1cnc(CNC(=NC)NCC2(CCOC)CCCC2)s1. The Kier molecular flexibility index (Phi) is 7.30. The second-order valence-corrected chi connectivity index (χ2v) is 7.50. The van der Waals surface area contributed by atoms with Gasteiger partial charge in [0, 0.05) is 38.4 Å². The normalized spacial score (nSPS) is 17.4. The van der Waals surface area contributed by atoms with Crippen molar-refractivity contribution in [1.29, 1.82) is 0 Å². The number of rotatable bonds is 8. The van der Waals surface area contributed by atoms with E-state index in [2.05, 4.69) is 27.5 Å². The summed E-state index contributed by atoms with van der Waals surface area (Å²) in [6, 6.07) is 0. The predicted octanol–water partition coefficient (Wildman–Crippen LogP) is 2.97. The van der Waals surface area contributed by atoms with Crippen molar-refractivity contribution in [3.8, 4) is 0 Å². The largest absolute Gasteiger partial charge is 0.385 e. The van der Waals surface area contributed by atoms with Crippen LogP contribution in [0, 0.1) is 5.41 Å². The lowest BCUT2D eigenvalue weighted by Gasteiger charge is -2.29. The number of thiazole rings is 1. The summed E-state index contributed by atoms with van der Waals surface area (Å²) in [5.41, 5.74) is 0.365. The molecular weight excluding hydrogens is 308 g/mol. The van der Waals surface area contributed by atoms with Crippen LogP contribution in [-0.4, -0.2) is 38.3 Å². The molecule has 1 aromatic heterocycles. The van der Waals surface area contributed by atoms with E-state index >= 15 is 0 Å². The van der Waals surface area contributed by atoms with Crippen LogP contribution in [-0.2, 0) is 17.7 Å². The van der Waals surface area contributed by atoms with E-state index in [-0.39, 0.29) is 0 Å². The zero-order valence-electron chi connectivity index (χ0n) is 14.7. The lowest BCUT2D eigenvalue weighted by Crippen LogP contribution is -2.43. The van der Waals surface area contributed by atoms with E-state index in [1.165, 1.54) is 30.6 Å². The predicted molar refractivity (Wildman–Crippen MR) is 97.1 cm³/mol. The summed E-state index contributed by atoms with van der Waals surface area (Å²) >= 11 is 1.77. The Hall–Kier alpha value is -1.14. The van der Waals surface area contributed by atoms with Crippen LogP contribution in [0.1, 0.15) is 48.9 Å². The highest BCUT2D eigenvalue weighted by Crippen LogP contribution is 2.40. The van der Waals surface area contributed by atoms with Gasteiger partial charge in [0.1, 0.15) is 5.01 Å². The van der Waals surface area contributed by atoms with E-state index in [1.807, 2.05) is 13.2 Å². The van der Waals surface area contributed by atoms with Gasteiger partial charge in [0.25, 0.3) is 0 Å². The second-order valence-electron chi connectivity index (χ2n) is 6.30. The van der Waals surface area contributed by atoms with Crippen LogP contribution >= 0.6 is 11.3 Å². The van der Waals surface area contributed by atoms with E-state index < -0.39 is 0 Å². The molecule has 0 aliphatic heterocycles. The Morgan fingerprint density at radius 3 is 2.78 bits per heavy atom. The summed E-state index contributed by atoms with van der Waals surface area (Å²) in [6.45, 7) is 4.70. The third-order valence-corrected chi connectivity index (χ3v) is 5.85. The highest BCUT2D eigenvalue weighted by molar-refractivity contribution is 7.11. The molecule has 0 unspecified atom stereocenters. The topological polar surface area (TPSA) is 58.5 Å². The third-order valence-electron chi connectivity index (χ3n) is 4.71. The van der Waals surface area contributed by atoms with Crippen LogP contribution in [0.2, 0.25) is 0 Å². The summed E-state index contributed by atoms with van der Waals surface area (Å²) in [4.78, 5) is 10.1. The minimum absolute atomic E-state index is 0.365. The molecule has 1 fully saturated rings. The smallest absolute Gasteiger partial charge is 0.191 e. The molecule has 0 saturated heterocycles. The Bertz CT molecular complexity index is 495. The van der Waals surface area contributed by atoms with Crippen molar-refractivity contribution in [3.05, 3.63) is 16.1 Å². The highest BCUT2D eigenvalue weighted by atomic mass is 32.1. The van der Waals surface area contributed by atoms with Gasteiger partial charge in [0.05, 0.1) is 6.54 Å². The minimum atomic E-state index is 0.365. The van der Waals surface area contributed by atoms with Gasteiger partial charge in [-0.2, -0.15) is 0 Å². The number of ether oxygens (including phenoxy) is 1. The number of guanidine groups is 1. The number of methoxy groups -OCH3 is 1. The molecule has 1 aromatic rings. The molecule has 0 amide bonds. The van der Waals surface area contributed by atoms with Gasteiger partial charge in [-0.3, -0.25) is 4.99 Å². The Balaban J connectivity index is 1.81. The molecule has 0 spiro atoms. The Morgan fingerprint density at radius 1 is 1.39 bits per heavy atom. The van der Waals surface area contributed by atoms with Crippen LogP contribution in [0.3, 0.4) is 0 Å². The number of aromatic nitrogens is 1. The molecule has 0 bridgehead atoms. The van der Waals surface area contributed by atoms with E-state index in [0.717, 1.165) is 43.5 Å². The van der Waals surface area contributed by atoms with Crippen molar-refractivity contribution < 1.29 is 4.74 Å². The van der Waals surface area contributed by atoms with Gasteiger partial charge in [0.2, 0.25) is 0 Å². The van der Waals surface area contributed by atoms with E-state index in [4.69, 9.17) is 4.74 Å². The van der Waals surface area contributed by atoms with Gasteiger partial charge in [-0.1, -0.05) is 19.8 Å². The molecule has 6 heteroatoms. The Labute approximate surface area is 144 Å². The maximum absolute atomic E-state index is 5.30. The molecule has 23 heavy (non-hydrogen) atoms. The van der Waals surface area contributed by atoms with E-state index in [1.54, 1.807) is 18.4 Å². The first-order valence-corrected chi connectivity index (χ1v) is 9.40. The van der Waals surface area contributed by atoms with Crippen molar-refractivity contribution in [3.63, 3.8) is 0 Å². The van der Waals surface area contributed by atoms with Crippen LogP contribution < -0.4 is 10.6 Å². The maximum Gasteiger partial charge on any atom is 0.191 e. The zero-order valence-corrected chi connectivity index (χ0v) is 15.5. The highest BCUT2D eigenvalue weighted by Gasteiger charge is 2.33. The number of hydrogen-bond donors (Lipinski definition) is 2. The summed E-state index contributed by atoms with van der Waals surface area (Å²) in [5.74, 6) is 0.863. The zero-order chi connectivity index (χ0) is 16.5. The van der Waals surface area contributed by atoms with Crippen LogP contribution in [0.25, 0.3) is 0 Å². The average Bonchev–Trinajstić information content (AvgIpc) is 3.23. The van der Waals surface area contributed by atoms with Crippen LogP contribution in [0.4, 0.5) is 0 Å². The standard InChI is InChI=1S/C17H30N4OS/c1-4-14-11-19-15(23-14)12-20-16(18-2)21-13-17(9-10-22-3)7-5-6-8-17/h11H,4-10,12-13H2,1-3H3,(H2,18,20,21). The van der Waals surface area contributed by atoms with Gasteiger partial charge in [-0.25, -0.2) is 4.98 Å². The molecule has 5 nitrogen and oxygen atoms in total. The van der Waals surface area contributed by atoms with Crippen molar-refractivity contribution in [2.24, 2.45) is 10.4 Å². The number of nitrogens with one attached hydrogen (secondary N) is 2. The van der Waals surface area contributed by atoms with E-state index in [0.29, 0.717) is 5.41 Å². The average molecular weight is 339 g/mol. The van der Waals surface area contributed by atoms with Gasteiger partial charge in [0.15, 0.2) is 5.96 Å². The molecule has 1 aliphatic rings. The summed E-state index contributed by atoms with van der Waals surface area (Å²) in [5, 5.41) is 8.00. The lowest BCUT2D eigenvalue weighted by atomic mass is 9.83. The maximum atomic E-state index is 5.30. The molecule has 1 heterocycles. The number of hydrogen-bond acceptors (Lipinski definition) is 4. The molecule has 2 N–H and O–H groups in total. The molecule has 130 valence electrons. The van der Waals surface area contributed by atoms with Crippen LogP contribution in [0.15, 0.2) is 11.2 Å². The third kappa shape index (κ3) is 5.46. The van der Waals surface area contributed by atoms with E-state index in [9.17, 15) is 0 Å². The number of nitrogens with zero attached hydrogens (tertiary/aromatic N) is 2. The van der Waals surface area contributed by atoms with Gasteiger partial charge in [-0.05, 0) is 31.1 Å². The molecule has 0 radical (unpaired) electrons. The molecule has 0 aromatic carbocycles. The molecule has 0 atom stereocenters. The van der Waals surface area contributed by atoms with Gasteiger partial charge in [-0.15, -0.1) is 11.3 Å². The monoisotopic (exact) mass is 338 g/mol. The molecule has 1 saturated carbocycles. The first-order valence-electron chi connectivity index (χ1n) is 8.58. The summed E-state index contributed by atoms with van der Waals surface area (Å²) in [7, 11) is 3.61. The molecule has 1 aliphatic carbocycles. The Morgan fingerprint density at radius 2 is 2.17 bits per heavy atom. The van der Waals surface area contributed by atoms with Crippen molar-refractivity contribution >= 4 is 17.3 Å². The lowest BCUT2D eigenvalue weighted by molar-refractivity contribution is 0.138. The second kappa shape index (κ2) is 9.23.